The third-order valence-corrected chi connectivity index (χ3v) is 2.75. The van der Waals surface area contributed by atoms with Crippen LogP contribution < -0.4 is 10.4 Å². The van der Waals surface area contributed by atoms with Crippen LogP contribution in [-0.2, 0) is 0 Å². The van der Waals surface area contributed by atoms with Gasteiger partial charge in [-0.15, -0.1) is 0 Å². The Bertz CT molecular complexity index is 595. The summed E-state index contributed by atoms with van der Waals surface area (Å²) in [6.07, 6.45) is 15.1. The number of hydrogen-bond acceptors (Lipinski definition) is 0. The summed E-state index contributed by atoms with van der Waals surface area (Å²) in [4.78, 5) is 0. The highest BCUT2D eigenvalue weighted by atomic mass is 14.1. The highest BCUT2D eigenvalue weighted by Gasteiger charge is 2.05. The molecule has 15 heavy (non-hydrogen) atoms. The molecule has 0 unspecified atom stereocenters. The van der Waals surface area contributed by atoms with Crippen LogP contribution in [0, 0.1) is 6.42 Å². The van der Waals surface area contributed by atoms with E-state index in [1.807, 2.05) is 0 Å². The van der Waals surface area contributed by atoms with Gasteiger partial charge < -0.3 is 0 Å². The number of benzene rings is 1. The van der Waals surface area contributed by atoms with Gasteiger partial charge in [-0.05, 0) is 27.7 Å². The summed E-state index contributed by atoms with van der Waals surface area (Å²) in [5, 5.41) is 2.58. The highest BCUT2D eigenvalue weighted by Crippen LogP contribution is 2.20. The van der Waals surface area contributed by atoms with Crippen molar-refractivity contribution in [3.63, 3.8) is 0 Å². The lowest BCUT2D eigenvalue weighted by molar-refractivity contribution is 1.47. The van der Waals surface area contributed by atoms with E-state index in [1.165, 1.54) is 21.6 Å². The van der Waals surface area contributed by atoms with E-state index in [-0.39, 0.29) is 0 Å². The molecule has 1 aromatic carbocycles. The van der Waals surface area contributed by atoms with Crippen molar-refractivity contribution in [1.82, 2.24) is 0 Å². The zero-order valence-electron chi connectivity index (χ0n) is 8.35. The number of allylic oxidation sites excluding steroid dienone is 6. The predicted molar refractivity (Wildman–Crippen MR) is 64.2 cm³/mol. The summed E-state index contributed by atoms with van der Waals surface area (Å²) in [6, 6.07) is 8.46. The van der Waals surface area contributed by atoms with Gasteiger partial charge >= 0.3 is 0 Å². The van der Waals surface area contributed by atoms with Gasteiger partial charge in [-0.1, -0.05) is 54.6 Å². The van der Waals surface area contributed by atoms with E-state index < -0.39 is 0 Å². The Morgan fingerprint density at radius 2 is 1.53 bits per heavy atom. The van der Waals surface area contributed by atoms with Crippen LogP contribution in [0.2, 0.25) is 0 Å². The van der Waals surface area contributed by atoms with Gasteiger partial charge in [0.05, 0.1) is 0 Å². The molecule has 3 rings (SSSR count). The number of fused-ring (bicyclic) bond motifs is 2. The molecule has 0 amide bonds. The van der Waals surface area contributed by atoms with Crippen molar-refractivity contribution >= 4 is 12.2 Å². The van der Waals surface area contributed by atoms with Gasteiger partial charge in [0, 0.05) is 6.42 Å². The molecule has 2 aliphatic rings. The second-order valence-corrected chi connectivity index (χ2v) is 3.74. The van der Waals surface area contributed by atoms with Crippen molar-refractivity contribution in [2.45, 2.75) is 0 Å². The molecule has 0 fully saturated rings. The third kappa shape index (κ3) is 1.48. The molecule has 0 aromatic heterocycles. The van der Waals surface area contributed by atoms with Crippen molar-refractivity contribution in [2.75, 3.05) is 0 Å². The van der Waals surface area contributed by atoms with Crippen molar-refractivity contribution in [1.29, 1.82) is 0 Å². The minimum absolute atomic E-state index is 1.29. The molecule has 1 radical (unpaired) electrons. The first-order valence-corrected chi connectivity index (χ1v) is 5.14. The summed E-state index contributed by atoms with van der Waals surface area (Å²) >= 11 is 0. The van der Waals surface area contributed by atoms with Gasteiger partial charge in [0.15, 0.2) is 0 Å². The third-order valence-electron chi connectivity index (χ3n) is 2.75. The van der Waals surface area contributed by atoms with Gasteiger partial charge in [-0.2, -0.15) is 0 Å². The van der Waals surface area contributed by atoms with Gasteiger partial charge in [0.1, 0.15) is 0 Å². The average molecular weight is 191 g/mol. The van der Waals surface area contributed by atoms with Crippen LogP contribution in [0.3, 0.4) is 0 Å². The Morgan fingerprint density at radius 1 is 0.667 bits per heavy atom. The van der Waals surface area contributed by atoms with Crippen LogP contribution in [0.1, 0.15) is 0 Å². The van der Waals surface area contributed by atoms with Crippen LogP contribution in [0.4, 0.5) is 0 Å². The lowest BCUT2D eigenvalue weighted by Gasteiger charge is -2.07. The first-order valence-electron chi connectivity index (χ1n) is 5.14. The van der Waals surface area contributed by atoms with Crippen molar-refractivity contribution in [3.05, 3.63) is 76.6 Å². The Labute approximate surface area is 89.3 Å². The second-order valence-electron chi connectivity index (χ2n) is 3.74. The maximum Gasteiger partial charge on any atom is 0.0131 e. The van der Waals surface area contributed by atoms with Crippen molar-refractivity contribution < 1.29 is 0 Å². The monoisotopic (exact) mass is 191 g/mol. The van der Waals surface area contributed by atoms with E-state index in [4.69, 9.17) is 0 Å². The SMILES string of the molecule is [CH]1C=CC=C2C=c3ccccc3=CC=C12. The highest BCUT2D eigenvalue weighted by molar-refractivity contribution is 5.69. The van der Waals surface area contributed by atoms with E-state index in [0.717, 1.165) is 0 Å². The van der Waals surface area contributed by atoms with Crippen LogP contribution in [0.15, 0.2) is 59.7 Å². The molecule has 0 heteroatoms. The zero-order valence-corrected chi connectivity index (χ0v) is 8.35. The molecule has 0 atom stereocenters. The minimum Gasteiger partial charge on any atom is -0.0760 e. The van der Waals surface area contributed by atoms with Gasteiger partial charge in [0.25, 0.3) is 0 Å². The zero-order chi connectivity index (χ0) is 10.1. The molecular formula is C15H11. The van der Waals surface area contributed by atoms with E-state index in [0.29, 0.717) is 0 Å². The summed E-state index contributed by atoms with van der Waals surface area (Å²) in [7, 11) is 0. The second kappa shape index (κ2) is 3.39. The maximum atomic E-state index is 2.24. The summed E-state index contributed by atoms with van der Waals surface area (Å²) in [6.45, 7) is 0. The predicted octanol–water partition coefficient (Wildman–Crippen LogP) is 1.89. The molecule has 0 saturated carbocycles. The normalized spacial score (nSPS) is 17.3. The van der Waals surface area contributed by atoms with E-state index >= 15 is 0 Å². The smallest absolute Gasteiger partial charge is 0.0131 e. The molecule has 0 N–H and O–H groups in total. The molecule has 0 aliphatic heterocycles. The molecule has 0 heterocycles. The Hall–Kier alpha value is -1.82. The minimum atomic E-state index is 1.29. The summed E-state index contributed by atoms with van der Waals surface area (Å²) < 4.78 is 0. The van der Waals surface area contributed by atoms with E-state index in [2.05, 4.69) is 67.1 Å². The Balaban J connectivity index is 2.32. The molecule has 0 bridgehead atoms. The lowest BCUT2D eigenvalue weighted by atomic mass is 9.98. The van der Waals surface area contributed by atoms with Crippen molar-refractivity contribution in [2.24, 2.45) is 0 Å². The molecule has 0 nitrogen and oxygen atoms in total. The fraction of sp³-hybridized carbons (Fsp3) is 0. The van der Waals surface area contributed by atoms with Gasteiger partial charge in [0.2, 0.25) is 0 Å². The van der Waals surface area contributed by atoms with Gasteiger partial charge in [-0.25, -0.2) is 0 Å². The first kappa shape index (κ1) is 8.49. The maximum absolute atomic E-state index is 2.24. The standard InChI is InChI=1S/C15H11/c1-3-7-14-11-15-8-4-2-6-13(15)10-9-12(14)5-1/h1-11H. The van der Waals surface area contributed by atoms with Crippen LogP contribution >= 0.6 is 0 Å². The number of rotatable bonds is 0. The summed E-state index contributed by atoms with van der Waals surface area (Å²) in [5.74, 6) is 0. The first-order chi connectivity index (χ1) is 7.43. The van der Waals surface area contributed by atoms with Crippen LogP contribution in [-0.4, -0.2) is 0 Å². The van der Waals surface area contributed by atoms with Crippen LogP contribution in [0.25, 0.3) is 12.2 Å². The molecular weight excluding hydrogens is 180 g/mol. The molecule has 1 aromatic rings. The Morgan fingerprint density at radius 3 is 2.47 bits per heavy atom. The molecule has 71 valence electrons. The van der Waals surface area contributed by atoms with Crippen molar-refractivity contribution in [3.8, 4) is 0 Å². The largest absolute Gasteiger partial charge is 0.0760 e. The molecule has 0 saturated heterocycles. The van der Waals surface area contributed by atoms with Crippen LogP contribution in [0.5, 0.6) is 0 Å². The lowest BCUT2D eigenvalue weighted by Crippen LogP contribution is -2.22. The fourth-order valence-electron chi connectivity index (χ4n) is 1.94. The summed E-state index contributed by atoms with van der Waals surface area (Å²) in [5.41, 5.74) is 2.58. The quantitative estimate of drug-likeness (QED) is 0.587. The molecule has 2 aliphatic carbocycles. The average Bonchev–Trinajstić information content (AvgIpc) is 2.48. The topological polar surface area (TPSA) is 0 Å². The van der Waals surface area contributed by atoms with Gasteiger partial charge in [-0.3, -0.25) is 0 Å². The fourth-order valence-corrected chi connectivity index (χ4v) is 1.94. The van der Waals surface area contributed by atoms with E-state index in [9.17, 15) is 0 Å². The number of hydrogen-bond donors (Lipinski definition) is 0. The molecule has 0 spiro atoms. The Kier molecular flexibility index (Phi) is 1.92. The van der Waals surface area contributed by atoms with E-state index in [1.54, 1.807) is 0 Å².